The van der Waals surface area contributed by atoms with Gasteiger partial charge in [0.25, 0.3) is 0 Å². The zero-order chi connectivity index (χ0) is 10.9. The summed E-state index contributed by atoms with van der Waals surface area (Å²) in [6.45, 7) is 6.34. The van der Waals surface area contributed by atoms with Crippen molar-refractivity contribution in [1.29, 1.82) is 0 Å². The molecule has 1 aliphatic rings. The van der Waals surface area contributed by atoms with Gasteiger partial charge in [0.05, 0.1) is 11.7 Å². The van der Waals surface area contributed by atoms with Crippen LogP contribution in [0.1, 0.15) is 27.2 Å². The van der Waals surface area contributed by atoms with Gasteiger partial charge in [-0.2, -0.15) is 0 Å². The fourth-order valence-electron chi connectivity index (χ4n) is 2.48. The van der Waals surface area contributed by atoms with Gasteiger partial charge in [-0.25, -0.2) is 0 Å². The monoisotopic (exact) mass is 201 g/mol. The molecule has 0 saturated carbocycles. The molecule has 0 radical (unpaired) electrons. The van der Waals surface area contributed by atoms with Gasteiger partial charge in [0, 0.05) is 13.2 Å². The first-order valence-corrected chi connectivity index (χ1v) is 5.25. The van der Waals surface area contributed by atoms with Crippen LogP contribution in [0.2, 0.25) is 0 Å². The molecule has 1 aliphatic heterocycles. The Kier molecular flexibility index (Phi) is 3.56. The van der Waals surface area contributed by atoms with Crippen LogP contribution in [0.4, 0.5) is 0 Å². The second kappa shape index (κ2) is 4.17. The lowest BCUT2D eigenvalue weighted by atomic mass is 9.87. The van der Waals surface area contributed by atoms with E-state index in [1.807, 2.05) is 0 Å². The highest BCUT2D eigenvalue weighted by Crippen LogP contribution is 2.32. The molecule has 0 aromatic carbocycles. The number of likely N-dealkylation sites (N-methyl/N-ethyl adjacent to an activating group) is 1. The Morgan fingerprint density at radius 1 is 1.36 bits per heavy atom. The van der Waals surface area contributed by atoms with Gasteiger partial charge in [-0.1, -0.05) is 0 Å². The van der Waals surface area contributed by atoms with Gasteiger partial charge in [0.2, 0.25) is 0 Å². The van der Waals surface area contributed by atoms with Crippen molar-refractivity contribution in [3.8, 4) is 0 Å². The lowest BCUT2D eigenvalue weighted by Crippen LogP contribution is -2.59. The van der Waals surface area contributed by atoms with Crippen molar-refractivity contribution in [3.63, 3.8) is 0 Å². The van der Waals surface area contributed by atoms with Crippen molar-refractivity contribution in [2.75, 3.05) is 21.2 Å². The van der Waals surface area contributed by atoms with Crippen molar-refractivity contribution in [3.05, 3.63) is 0 Å². The molecule has 3 atom stereocenters. The van der Waals surface area contributed by atoms with Gasteiger partial charge in [-0.3, -0.25) is 0 Å². The van der Waals surface area contributed by atoms with Crippen LogP contribution in [-0.2, 0) is 9.47 Å². The molecular formula is C11H23NO2. The Hall–Kier alpha value is -0.120. The third-order valence-electron chi connectivity index (χ3n) is 3.03. The normalized spacial score (nSPS) is 37.5. The highest BCUT2D eigenvalue weighted by molar-refractivity contribution is 4.95. The van der Waals surface area contributed by atoms with Crippen LogP contribution in [-0.4, -0.2) is 50.0 Å². The maximum Gasteiger partial charge on any atom is 0.101 e. The van der Waals surface area contributed by atoms with Crippen LogP contribution >= 0.6 is 0 Å². The minimum atomic E-state index is -0.193. The molecule has 3 nitrogen and oxygen atoms in total. The van der Waals surface area contributed by atoms with E-state index >= 15 is 0 Å². The minimum Gasteiger partial charge on any atom is -0.377 e. The Bertz CT molecular complexity index is 192. The van der Waals surface area contributed by atoms with Crippen LogP contribution in [0, 0.1) is 0 Å². The van der Waals surface area contributed by atoms with E-state index in [0.717, 1.165) is 6.42 Å². The van der Waals surface area contributed by atoms with Crippen molar-refractivity contribution >= 4 is 0 Å². The van der Waals surface area contributed by atoms with Gasteiger partial charge in [0.15, 0.2) is 0 Å². The average molecular weight is 201 g/mol. The molecule has 1 heterocycles. The number of hydrogen-bond donors (Lipinski definition) is 0. The SMILES string of the molecule is COC1C(N(C)C)CC(C)OC1(C)C. The summed E-state index contributed by atoms with van der Waals surface area (Å²) in [7, 11) is 5.97. The van der Waals surface area contributed by atoms with Gasteiger partial charge in [-0.05, 0) is 41.3 Å². The molecule has 0 amide bonds. The Labute approximate surface area is 87.4 Å². The predicted molar refractivity (Wildman–Crippen MR) is 57.5 cm³/mol. The Morgan fingerprint density at radius 3 is 2.36 bits per heavy atom. The number of methoxy groups -OCH3 is 1. The highest BCUT2D eigenvalue weighted by atomic mass is 16.6. The summed E-state index contributed by atoms with van der Waals surface area (Å²) in [5, 5.41) is 0. The molecule has 0 bridgehead atoms. The first kappa shape index (κ1) is 12.0. The summed E-state index contributed by atoms with van der Waals surface area (Å²) < 4.78 is 11.5. The molecule has 0 aliphatic carbocycles. The Morgan fingerprint density at radius 2 is 1.93 bits per heavy atom. The Balaban J connectivity index is 2.82. The van der Waals surface area contributed by atoms with Crippen molar-refractivity contribution < 1.29 is 9.47 Å². The van der Waals surface area contributed by atoms with Crippen LogP contribution in [0.25, 0.3) is 0 Å². The van der Waals surface area contributed by atoms with Crippen LogP contribution in [0.3, 0.4) is 0 Å². The largest absolute Gasteiger partial charge is 0.377 e. The highest BCUT2D eigenvalue weighted by Gasteiger charge is 2.43. The van der Waals surface area contributed by atoms with Gasteiger partial charge >= 0.3 is 0 Å². The lowest BCUT2D eigenvalue weighted by molar-refractivity contribution is -0.199. The fourth-order valence-corrected chi connectivity index (χ4v) is 2.48. The second-order valence-electron chi connectivity index (χ2n) is 4.95. The van der Waals surface area contributed by atoms with E-state index < -0.39 is 0 Å². The summed E-state index contributed by atoms with van der Waals surface area (Å²) in [5.41, 5.74) is -0.193. The minimum absolute atomic E-state index is 0.147. The average Bonchev–Trinajstić information content (AvgIpc) is 2.00. The number of ether oxygens (including phenoxy) is 2. The second-order valence-corrected chi connectivity index (χ2v) is 4.95. The summed E-state index contributed by atoms with van der Waals surface area (Å²) in [5.74, 6) is 0. The zero-order valence-corrected chi connectivity index (χ0v) is 10.2. The number of nitrogens with zero attached hydrogens (tertiary/aromatic N) is 1. The summed E-state index contributed by atoms with van der Waals surface area (Å²) in [6.07, 6.45) is 1.49. The van der Waals surface area contributed by atoms with Gasteiger partial charge < -0.3 is 14.4 Å². The molecule has 0 spiro atoms. The molecular weight excluding hydrogens is 178 g/mol. The molecule has 1 fully saturated rings. The summed E-state index contributed by atoms with van der Waals surface area (Å²) in [6, 6.07) is 0.443. The van der Waals surface area contributed by atoms with E-state index in [-0.39, 0.29) is 11.7 Å². The van der Waals surface area contributed by atoms with Crippen molar-refractivity contribution in [2.45, 2.75) is 51.0 Å². The lowest BCUT2D eigenvalue weighted by Gasteiger charge is -2.47. The van der Waals surface area contributed by atoms with Crippen molar-refractivity contribution in [2.24, 2.45) is 0 Å². The third kappa shape index (κ3) is 2.27. The number of rotatable bonds is 2. The van der Waals surface area contributed by atoms with E-state index in [0.29, 0.717) is 12.1 Å². The quantitative estimate of drug-likeness (QED) is 0.676. The third-order valence-corrected chi connectivity index (χ3v) is 3.03. The first-order valence-electron chi connectivity index (χ1n) is 5.25. The van der Waals surface area contributed by atoms with E-state index in [9.17, 15) is 0 Å². The van der Waals surface area contributed by atoms with E-state index in [1.165, 1.54) is 0 Å². The maximum atomic E-state index is 5.91. The van der Waals surface area contributed by atoms with E-state index in [1.54, 1.807) is 7.11 Å². The maximum absolute atomic E-state index is 5.91. The van der Waals surface area contributed by atoms with E-state index in [4.69, 9.17) is 9.47 Å². The molecule has 3 heteroatoms. The molecule has 3 unspecified atom stereocenters. The van der Waals surface area contributed by atoms with Gasteiger partial charge in [-0.15, -0.1) is 0 Å². The molecule has 0 N–H and O–H groups in total. The number of hydrogen-bond acceptors (Lipinski definition) is 3. The molecule has 84 valence electrons. The van der Waals surface area contributed by atoms with E-state index in [2.05, 4.69) is 39.8 Å². The summed E-state index contributed by atoms with van der Waals surface area (Å²) >= 11 is 0. The molecule has 1 rings (SSSR count). The standard InChI is InChI=1S/C11H23NO2/c1-8-7-9(12(4)5)10(13-6)11(2,3)14-8/h8-10H,7H2,1-6H3. The fraction of sp³-hybridized carbons (Fsp3) is 1.00. The predicted octanol–water partition coefficient (Wildman–Crippen LogP) is 1.52. The summed E-state index contributed by atoms with van der Waals surface area (Å²) in [4.78, 5) is 2.23. The molecule has 14 heavy (non-hydrogen) atoms. The molecule has 0 aromatic heterocycles. The van der Waals surface area contributed by atoms with Crippen LogP contribution in [0.5, 0.6) is 0 Å². The topological polar surface area (TPSA) is 21.7 Å². The molecule has 0 aromatic rings. The zero-order valence-electron chi connectivity index (χ0n) is 10.2. The molecule has 1 saturated heterocycles. The van der Waals surface area contributed by atoms with Crippen LogP contribution in [0.15, 0.2) is 0 Å². The smallest absolute Gasteiger partial charge is 0.101 e. The van der Waals surface area contributed by atoms with Gasteiger partial charge in [0.1, 0.15) is 6.10 Å². The van der Waals surface area contributed by atoms with Crippen LogP contribution < -0.4 is 0 Å². The first-order chi connectivity index (χ1) is 6.38. The van der Waals surface area contributed by atoms with Crippen molar-refractivity contribution in [1.82, 2.24) is 4.90 Å².